The topological polar surface area (TPSA) is 80.0 Å². The van der Waals surface area contributed by atoms with E-state index in [1.165, 1.54) is 4.90 Å². The summed E-state index contributed by atoms with van der Waals surface area (Å²) in [6, 6.07) is 3.33. The average molecular weight is 324 g/mol. The Kier molecular flexibility index (Phi) is 3.70. The summed E-state index contributed by atoms with van der Waals surface area (Å²) in [5.74, 6) is -1.33. The van der Waals surface area contributed by atoms with Crippen molar-refractivity contribution in [3.63, 3.8) is 0 Å². The molecule has 1 N–H and O–H groups in total. The Labute approximate surface area is 131 Å². The number of amides is 1. The van der Waals surface area contributed by atoms with Crippen molar-refractivity contribution >= 4 is 34.6 Å². The highest BCUT2D eigenvalue weighted by Crippen LogP contribution is 2.36. The first kappa shape index (κ1) is 14.7. The maximum absolute atomic E-state index is 12.0. The van der Waals surface area contributed by atoms with Crippen LogP contribution in [0.25, 0.3) is 11.0 Å². The largest absolute Gasteiger partial charge is 0.475 e. The Morgan fingerprint density at radius 3 is 2.86 bits per heavy atom. The molecule has 1 aliphatic rings. The highest BCUT2D eigenvalue weighted by molar-refractivity contribution is 6.32. The van der Waals surface area contributed by atoms with Crippen LogP contribution in [0.15, 0.2) is 16.5 Å². The monoisotopic (exact) mass is 323 g/mol. The van der Waals surface area contributed by atoms with Crippen molar-refractivity contribution in [1.29, 1.82) is 0 Å². The highest BCUT2D eigenvalue weighted by Gasteiger charge is 2.29. The molecule has 22 heavy (non-hydrogen) atoms. The summed E-state index contributed by atoms with van der Waals surface area (Å²) in [6.45, 7) is 2.52. The Morgan fingerprint density at radius 2 is 2.18 bits per heavy atom. The summed E-state index contributed by atoms with van der Waals surface area (Å²) in [5, 5.41) is 10.6. The zero-order chi connectivity index (χ0) is 15.9. The minimum absolute atomic E-state index is 0.126. The Hall–Kier alpha value is -2.21. The molecule has 0 spiro atoms. The molecule has 0 saturated heterocycles. The molecule has 7 heteroatoms. The molecule has 0 radical (unpaired) electrons. The molecule has 0 aliphatic carbocycles. The minimum Gasteiger partial charge on any atom is -0.475 e. The molecular weight excluding hydrogens is 310 g/mol. The Morgan fingerprint density at radius 1 is 1.41 bits per heavy atom. The van der Waals surface area contributed by atoms with E-state index in [1.807, 2.05) is 0 Å². The van der Waals surface area contributed by atoms with E-state index in [1.54, 1.807) is 19.1 Å². The van der Waals surface area contributed by atoms with Crippen LogP contribution in [0, 0.1) is 0 Å². The van der Waals surface area contributed by atoms with Gasteiger partial charge in [0.1, 0.15) is 5.58 Å². The summed E-state index contributed by atoms with van der Waals surface area (Å²) < 4.78 is 10.4. The van der Waals surface area contributed by atoms with Crippen LogP contribution >= 0.6 is 11.6 Å². The molecule has 0 fully saturated rings. The lowest BCUT2D eigenvalue weighted by atomic mass is 10.0. The van der Waals surface area contributed by atoms with Gasteiger partial charge in [0.15, 0.2) is 0 Å². The predicted octanol–water partition coefficient (Wildman–Crippen LogP) is 3.30. The quantitative estimate of drug-likeness (QED) is 0.917. The van der Waals surface area contributed by atoms with Crippen molar-refractivity contribution in [2.45, 2.75) is 19.9 Å². The van der Waals surface area contributed by atoms with E-state index in [4.69, 9.17) is 20.8 Å². The number of hydrogen-bond donors (Lipinski definition) is 1. The van der Waals surface area contributed by atoms with Gasteiger partial charge in [-0.05, 0) is 31.0 Å². The molecule has 3 rings (SSSR count). The van der Waals surface area contributed by atoms with Crippen LogP contribution in [-0.2, 0) is 17.7 Å². The second-order valence-electron chi connectivity index (χ2n) is 4.98. The normalized spacial score (nSPS) is 14.0. The van der Waals surface area contributed by atoms with Gasteiger partial charge in [0.2, 0.25) is 5.76 Å². The number of aromatic carboxylic acids is 1. The summed E-state index contributed by atoms with van der Waals surface area (Å²) in [5.41, 5.74) is 1.74. The Bertz CT molecular complexity index is 767. The number of furan rings is 1. The van der Waals surface area contributed by atoms with E-state index in [0.29, 0.717) is 34.5 Å². The number of nitrogens with zero attached hydrogens (tertiary/aromatic N) is 1. The number of carboxylic acids is 1. The molecule has 1 aliphatic heterocycles. The fourth-order valence-electron chi connectivity index (χ4n) is 2.76. The van der Waals surface area contributed by atoms with E-state index in [0.717, 1.165) is 5.56 Å². The minimum atomic E-state index is -1.17. The van der Waals surface area contributed by atoms with Crippen LogP contribution in [0.5, 0.6) is 0 Å². The van der Waals surface area contributed by atoms with E-state index < -0.39 is 12.1 Å². The van der Waals surface area contributed by atoms with Gasteiger partial charge in [-0.15, -0.1) is 0 Å². The smallest absolute Gasteiger partial charge is 0.410 e. The highest BCUT2D eigenvalue weighted by atomic mass is 35.5. The second kappa shape index (κ2) is 5.53. The van der Waals surface area contributed by atoms with Crippen molar-refractivity contribution in [2.75, 3.05) is 13.2 Å². The number of benzene rings is 1. The van der Waals surface area contributed by atoms with Crippen molar-refractivity contribution in [3.05, 3.63) is 34.0 Å². The number of ether oxygens (including phenoxy) is 1. The number of carbonyl (C=O) groups excluding carboxylic acids is 1. The standard InChI is InChI=1S/C15H14ClNO5/c1-2-21-15(20)17-6-5-8-10(16)3-4-11-12(8)9(7-17)13(22-11)14(18)19/h3-4H,2,5-7H2,1H3,(H,18,19). The van der Waals surface area contributed by atoms with E-state index >= 15 is 0 Å². The lowest BCUT2D eigenvalue weighted by molar-refractivity contribution is 0.0659. The van der Waals surface area contributed by atoms with Crippen molar-refractivity contribution in [3.8, 4) is 0 Å². The first-order valence-corrected chi connectivity index (χ1v) is 7.28. The van der Waals surface area contributed by atoms with Crippen LogP contribution in [-0.4, -0.2) is 35.2 Å². The van der Waals surface area contributed by atoms with Gasteiger partial charge >= 0.3 is 12.1 Å². The van der Waals surface area contributed by atoms with Crippen molar-refractivity contribution in [2.24, 2.45) is 0 Å². The number of halogens is 1. The Balaban J connectivity index is 2.16. The van der Waals surface area contributed by atoms with Crippen LogP contribution in [0.4, 0.5) is 4.79 Å². The van der Waals surface area contributed by atoms with Crippen LogP contribution in [0.1, 0.15) is 28.6 Å². The van der Waals surface area contributed by atoms with Gasteiger partial charge in [0, 0.05) is 22.5 Å². The third-order valence-electron chi connectivity index (χ3n) is 3.71. The zero-order valence-corrected chi connectivity index (χ0v) is 12.6. The molecule has 6 nitrogen and oxygen atoms in total. The third-order valence-corrected chi connectivity index (χ3v) is 4.06. The average Bonchev–Trinajstić information content (AvgIpc) is 2.71. The lowest BCUT2D eigenvalue weighted by Crippen LogP contribution is -2.32. The fraction of sp³-hybridized carbons (Fsp3) is 0.333. The number of rotatable bonds is 2. The van der Waals surface area contributed by atoms with Crippen molar-refractivity contribution in [1.82, 2.24) is 4.90 Å². The number of carbonyl (C=O) groups is 2. The molecule has 0 saturated carbocycles. The fourth-order valence-corrected chi connectivity index (χ4v) is 3.01. The van der Waals surface area contributed by atoms with Gasteiger partial charge < -0.3 is 19.2 Å². The van der Waals surface area contributed by atoms with Crippen LogP contribution in [0.3, 0.4) is 0 Å². The van der Waals surface area contributed by atoms with Gasteiger partial charge in [0.05, 0.1) is 13.2 Å². The lowest BCUT2D eigenvalue weighted by Gasteiger charge is -2.19. The molecule has 1 aromatic carbocycles. The van der Waals surface area contributed by atoms with Crippen LogP contribution in [0.2, 0.25) is 5.02 Å². The number of carboxylic acid groups (broad SMARTS) is 1. The summed E-state index contributed by atoms with van der Waals surface area (Å²) in [4.78, 5) is 24.9. The number of hydrogen-bond acceptors (Lipinski definition) is 4. The van der Waals surface area contributed by atoms with Gasteiger partial charge in [-0.3, -0.25) is 0 Å². The van der Waals surface area contributed by atoms with Gasteiger partial charge in [-0.2, -0.15) is 0 Å². The molecule has 0 unspecified atom stereocenters. The van der Waals surface area contributed by atoms with Crippen molar-refractivity contribution < 1.29 is 23.8 Å². The summed E-state index contributed by atoms with van der Waals surface area (Å²) >= 11 is 6.24. The molecule has 1 aromatic heterocycles. The summed E-state index contributed by atoms with van der Waals surface area (Å²) in [7, 11) is 0. The predicted molar refractivity (Wildman–Crippen MR) is 79.3 cm³/mol. The third kappa shape index (κ3) is 2.29. The molecule has 0 bridgehead atoms. The molecule has 1 amide bonds. The molecular formula is C15H14ClNO5. The SMILES string of the molecule is CCOC(=O)N1CCc2c(Cl)ccc3oc(C(=O)O)c(c23)C1. The molecule has 2 heterocycles. The maximum atomic E-state index is 12.0. The van der Waals surface area contributed by atoms with Gasteiger partial charge in [-0.25, -0.2) is 9.59 Å². The van der Waals surface area contributed by atoms with Crippen LogP contribution < -0.4 is 0 Å². The van der Waals surface area contributed by atoms with Gasteiger partial charge in [-0.1, -0.05) is 11.6 Å². The second-order valence-corrected chi connectivity index (χ2v) is 5.39. The van der Waals surface area contributed by atoms with E-state index in [-0.39, 0.29) is 18.9 Å². The van der Waals surface area contributed by atoms with E-state index in [2.05, 4.69) is 0 Å². The van der Waals surface area contributed by atoms with Gasteiger partial charge in [0.25, 0.3) is 0 Å². The molecule has 2 aromatic rings. The molecule has 116 valence electrons. The zero-order valence-electron chi connectivity index (χ0n) is 11.9. The molecule has 0 atom stereocenters. The first-order chi connectivity index (χ1) is 10.5. The summed E-state index contributed by atoms with van der Waals surface area (Å²) in [6.07, 6.45) is 0.0396. The van der Waals surface area contributed by atoms with E-state index in [9.17, 15) is 14.7 Å². The first-order valence-electron chi connectivity index (χ1n) is 6.90. The maximum Gasteiger partial charge on any atom is 0.410 e.